The Labute approximate surface area is 121 Å². The van der Waals surface area contributed by atoms with E-state index in [0.29, 0.717) is 5.92 Å². The lowest BCUT2D eigenvalue weighted by atomic mass is 9.83. The van der Waals surface area contributed by atoms with Crippen LogP contribution >= 0.6 is 0 Å². The maximum Gasteiger partial charge on any atom is 0.0126 e. The Morgan fingerprint density at radius 2 is 1.80 bits per heavy atom. The fourth-order valence-corrected chi connectivity index (χ4v) is 2.70. The van der Waals surface area contributed by atoms with Crippen LogP contribution in [0.15, 0.2) is 78.4 Å². The van der Waals surface area contributed by atoms with E-state index in [9.17, 15) is 0 Å². The maximum atomic E-state index is 3.11. The van der Waals surface area contributed by atoms with Crippen molar-refractivity contribution in [3.05, 3.63) is 102 Å². The highest BCUT2D eigenvalue weighted by molar-refractivity contribution is 5.39. The Bertz CT molecular complexity index is 590. The van der Waals surface area contributed by atoms with E-state index in [-0.39, 0.29) is 0 Å². The summed E-state index contributed by atoms with van der Waals surface area (Å²) in [5.41, 5.74) is 4.17. The quantitative estimate of drug-likeness (QED) is 0.731. The molecule has 0 saturated carbocycles. The van der Waals surface area contributed by atoms with Gasteiger partial charge in [0.05, 0.1) is 0 Å². The van der Waals surface area contributed by atoms with Gasteiger partial charge in [-0.3, -0.25) is 0 Å². The SMILES string of the molecule is [c]1ccc(C(Cc2ccccc2)C2=CC[CH]C=C2)cc1. The molecule has 2 aromatic rings. The molecule has 0 aliphatic heterocycles. The van der Waals surface area contributed by atoms with Crippen molar-refractivity contribution in [2.75, 3.05) is 0 Å². The average molecular weight is 258 g/mol. The zero-order chi connectivity index (χ0) is 13.6. The summed E-state index contributed by atoms with van der Waals surface area (Å²) in [6.45, 7) is 0. The number of rotatable bonds is 4. The molecule has 1 unspecified atom stereocenters. The molecule has 0 aromatic heterocycles. The van der Waals surface area contributed by atoms with E-state index in [1.807, 2.05) is 12.1 Å². The smallest absolute Gasteiger partial charge is 0.0126 e. The van der Waals surface area contributed by atoms with Gasteiger partial charge in [-0.25, -0.2) is 0 Å². The van der Waals surface area contributed by atoms with Crippen molar-refractivity contribution in [1.29, 1.82) is 0 Å². The second-order valence-corrected chi connectivity index (χ2v) is 5.11. The van der Waals surface area contributed by atoms with Gasteiger partial charge in [0.25, 0.3) is 0 Å². The van der Waals surface area contributed by atoms with Gasteiger partial charge in [0.15, 0.2) is 0 Å². The van der Waals surface area contributed by atoms with Crippen LogP contribution < -0.4 is 0 Å². The van der Waals surface area contributed by atoms with E-state index in [1.165, 1.54) is 16.7 Å². The average Bonchev–Trinajstić information content (AvgIpc) is 2.55. The van der Waals surface area contributed by atoms with Gasteiger partial charge in [-0.2, -0.15) is 0 Å². The predicted molar refractivity (Wildman–Crippen MR) is 84.3 cm³/mol. The third-order valence-electron chi connectivity index (χ3n) is 3.75. The predicted octanol–water partition coefficient (Wildman–Crippen LogP) is 4.90. The first kappa shape index (κ1) is 12.9. The second-order valence-electron chi connectivity index (χ2n) is 5.11. The molecule has 0 fully saturated rings. The first-order valence-corrected chi connectivity index (χ1v) is 7.13. The van der Waals surface area contributed by atoms with Gasteiger partial charge in [0.2, 0.25) is 0 Å². The Morgan fingerprint density at radius 1 is 1.00 bits per heavy atom. The molecule has 1 atom stereocenters. The molecule has 98 valence electrons. The van der Waals surface area contributed by atoms with Crippen LogP contribution in [-0.4, -0.2) is 0 Å². The summed E-state index contributed by atoms with van der Waals surface area (Å²) in [4.78, 5) is 0. The van der Waals surface area contributed by atoms with Crippen molar-refractivity contribution in [3.63, 3.8) is 0 Å². The largest absolute Gasteiger partial charge is 0.0802 e. The lowest BCUT2D eigenvalue weighted by molar-refractivity contribution is 0.796. The monoisotopic (exact) mass is 258 g/mol. The van der Waals surface area contributed by atoms with Crippen molar-refractivity contribution in [3.8, 4) is 0 Å². The highest BCUT2D eigenvalue weighted by Gasteiger charge is 2.16. The van der Waals surface area contributed by atoms with Gasteiger partial charge in [-0.1, -0.05) is 72.8 Å². The summed E-state index contributed by atoms with van der Waals surface area (Å²) in [5, 5.41) is 0. The number of allylic oxidation sites excluding steroid dienone is 4. The number of hydrogen-bond donors (Lipinski definition) is 0. The summed E-state index contributed by atoms with van der Waals surface area (Å²) in [7, 11) is 0. The van der Waals surface area contributed by atoms with Crippen LogP contribution in [0.1, 0.15) is 23.5 Å². The van der Waals surface area contributed by atoms with Crippen molar-refractivity contribution < 1.29 is 0 Å². The Hall–Kier alpha value is -2.08. The lowest BCUT2D eigenvalue weighted by Gasteiger charge is -2.21. The molecule has 0 heterocycles. The second kappa shape index (κ2) is 6.38. The van der Waals surface area contributed by atoms with Gasteiger partial charge in [0.1, 0.15) is 0 Å². The fraction of sp³-hybridized carbons (Fsp3) is 0.150. The Morgan fingerprint density at radius 3 is 2.50 bits per heavy atom. The molecule has 2 aromatic carbocycles. The molecule has 2 radical (unpaired) electrons. The van der Waals surface area contributed by atoms with Gasteiger partial charge in [-0.15, -0.1) is 0 Å². The standard InChI is InChI=1S/C20H18/c1-4-10-17(11-5-1)16-20(18-12-6-2-7-13-18)19-14-8-3-9-15-19/h1-2,4-6,8-15,20H,7,16H2. The third-order valence-corrected chi connectivity index (χ3v) is 3.75. The lowest BCUT2D eigenvalue weighted by Crippen LogP contribution is -2.06. The van der Waals surface area contributed by atoms with Crippen LogP contribution in [0.4, 0.5) is 0 Å². The van der Waals surface area contributed by atoms with Crippen molar-refractivity contribution in [2.24, 2.45) is 0 Å². The van der Waals surface area contributed by atoms with Gasteiger partial charge in [0, 0.05) is 5.92 Å². The summed E-state index contributed by atoms with van der Waals surface area (Å²) in [5.74, 6) is 0.428. The topological polar surface area (TPSA) is 0 Å². The molecule has 0 N–H and O–H groups in total. The number of hydrogen-bond acceptors (Lipinski definition) is 0. The molecule has 1 aliphatic carbocycles. The van der Waals surface area contributed by atoms with E-state index in [0.717, 1.165) is 12.8 Å². The third kappa shape index (κ3) is 3.08. The van der Waals surface area contributed by atoms with E-state index in [1.54, 1.807) is 0 Å². The fourth-order valence-electron chi connectivity index (χ4n) is 2.70. The van der Waals surface area contributed by atoms with Crippen LogP contribution in [0.25, 0.3) is 0 Å². The van der Waals surface area contributed by atoms with E-state index in [2.05, 4.69) is 73.2 Å². The Kier molecular flexibility index (Phi) is 4.13. The minimum atomic E-state index is 0.428. The molecule has 0 bridgehead atoms. The Balaban J connectivity index is 1.91. The molecular formula is C20H18. The zero-order valence-corrected chi connectivity index (χ0v) is 11.5. The molecule has 3 rings (SSSR count). The molecule has 1 aliphatic rings. The summed E-state index contributed by atoms with van der Waals surface area (Å²) >= 11 is 0. The van der Waals surface area contributed by atoms with Crippen LogP contribution in [0.5, 0.6) is 0 Å². The van der Waals surface area contributed by atoms with Crippen LogP contribution in [0.3, 0.4) is 0 Å². The van der Waals surface area contributed by atoms with Gasteiger partial charge in [-0.05, 0) is 42.0 Å². The van der Waals surface area contributed by atoms with E-state index >= 15 is 0 Å². The van der Waals surface area contributed by atoms with E-state index in [4.69, 9.17) is 0 Å². The first-order chi connectivity index (χ1) is 9.93. The summed E-state index contributed by atoms with van der Waals surface area (Å²) < 4.78 is 0. The van der Waals surface area contributed by atoms with Gasteiger partial charge >= 0.3 is 0 Å². The molecule has 0 spiro atoms. The van der Waals surface area contributed by atoms with Crippen molar-refractivity contribution in [2.45, 2.75) is 18.8 Å². The molecular weight excluding hydrogens is 240 g/mol. The highest BCUT2D eigenvalue weighted by Crippen LogP contribution is 2.31. The minimum absolute atomic E-state index is 0.428. The van der Waals surface area contributed by atoms with Crippen LogP contribution in [0.2, 0.25) is 0 Å². The minimum Gasteiger partial charge on any atom is -0.0802 e. The highest BCUT2D eigenvalue weighted by atomic mass is 14.2. The normalized spacial score (nSPS) is 15.7. The van der Waals surface area contributed by atoms with Gasteiger partial charge < -0.3 is 0 Å². The number of benzene rings is 2. The summed E-state index contributed by atoms with van der Waals surface area (Å²) in [6, 6.07) is 22.2. The van der Waals surface area contributed by atoms with Crippen molar-refractivity contribution >= 4 is 0 Å². The van der Waals surface area contributed by atoms with Crippen LogP contribution in [0, 0.1) is 12.5 Å². The zero-order valence-electron chi connectivity index (χ0n) is 11.5. The summed E-state index contributed by atoms with van der Waals surface area (Å²) in [6.07, 6.45) is 11.0. The molecule has 0 heteroatoms. The molecule has 20 heavy (non-hydrogen) atoms. The molecule has 0 saturated heterocycles. The first-order valence-electron chi connectivity index (χ1n) is 7.13. The molecule has 0 amide bonds. The van der Waals surface area contributed by atoms with E-state index < -0.39 is 0 Å². The van der Waals surface area contributed by atoms with Crippen LogP contribution in [-0.2, 0) is 6.42 Å². The molecule has 0 nitrogen and oxygen atoms in total. The van der Waals surface area contributed by atoms with Crippen molar-refractivity contribution in [1.82, 2.24) is 0 Å². The maximum absolute atomic E-state index is 3.11.